The van der Waals surface area contributed by atoms with Crippen LogP contribution >= 0.6 is 24.0 Å². The van der Waals surface area contributed by atoms with Crippen molar-refractivity contribution in [1.82, 2.24) is 4.90 Å². The third-order valence-corrected chi connectivity index (χ3v) is 8.58. The molecule has 11 heteroatoms. The molecule has 2 aromatic rings. The third-order valence-electron chi connectivity index (χ3n) is 6.40. The number of amides is 1. The number of thiocarbonyl (C=S) groups is 1. The average molecular weight is 590 g/mol. The van der Waals surface area contributed by atoms with E-state index in [4.69, 9.17) is 21.5 Å². The topological polar surface area (TPSA) is 90.4 Å². The summed E-state index contributed by atoms with van der Waals surface area (Å²) in [7, 11) is -2.51. The molecule has 0 aliphatic carbocycles. The zero-order chi connectivity index (χ0) is 28.6. The minimum atomic E-state index is -4.08. The first-order chi connectivity index (χ1) is 18.6. The first-order valence-electron chi connectivity index (χ1n) is 12.8. The Morgan fingerprint density at radius 1 is 1.00 bits per heavy atom. The lowest BCUT2D eigenvalue weighted by Crippen LogP contribution is -2.31. The number of allylic oxidation sites excluding steroid dienone is 1. The van der Waals surface area contributed by atoms with E-state index >= 15 is 0 Å². The molecule has 2 aliphatic heterocycles. The zero-order valence-electron chi connectivity index (χ0n) is 22.7. The second-order valence-corrected chi connectivity index (χ2v) is 11.9. The molecule has 2 heterocycles. The van der Waals surface area contributed by atoms with E-state index in [1.54, 1.807) is 31.4 Å². The summed E-state index contributed by atoms with van der Waals surface area (Å²) in [6.45, 7) is 10.4. The Morgan fingerprint density at radius 2 is 1.64 bits per heavy atom. The molecular weight excluding hydrogens is 555 g/mol. The molecule has 0 unspecified atom stereocenters. The lowest BCUT2D eigenvalue weighted by molar-refractivity contribution is -0.113. The van der Waals surface area contributed by atoms with Gasteiger partial charge < -0.3 is 14.5 Å². The Bertz CT molecular complexity index is 1330. The molecular formula is C28H35N3O5S3. The number of benzene rings is 2. The molecule has 0 bridgehead atoms. The predicted molar refractivity (Wildman–Crippen MR) is 165 cm³/mol. The monoisotopic (exact) mass is 589 g/mol. The summed E-state index contributed by atoms with van der Waals surface area (Å²) >= 11 is 6.71. The van der Waals surface area contributed by atoms with Gasteiger partial charge in [-0.15, -0.1) is 0 Å². The summed E-state index contributed by atoms with van der Waals surface area (Å²) < 4.78 is 37.2. The first kappa shape index (κ1) is 30.8. The lowest BCUT2D eigenvalue weighted by Gasteiger charge is -2.31. The Labute approximate surface area is 241 Å². The molecule has 1 amide bonds. The van der Waals surface area contributed by atoms with Gasteiger partial charge in [0.1, 0.15) is 10.7 Å². The molecule has 2 aliphatic rings. The molecule has 1 saturated heterocycles. The fourth-order valence-electron chi connectivity index (χ4n) is 4.25. The molecule has 4 rings (SSSR count). The van der Waals surface area contributed by atoms with Crippen LogP contribution in [0.2, 0.25) is 0 Å². The highest BCUT2D eigenvalue weighted by molar-refractivity contribution is 8.27. The molecule has 0 aromatic heterocycles. The molecule has 0 atom stereocenters. The number of hydrogen-bond donors (Lipinski definition) is 1. The Kier molecular flexibility index (Phi) is 11.1. The van der Waals surface area contributed by atoms with E-state index in [1.807, 2.05) is 41.3 Å². The third kappa shape index (κ3) is 7.92. The van der Waals surface area contributed by atoms with E-state index in [-0.39, 0.29) is 18.1 Å². The van der Waals surface area contributed by atoms with Gasteiger partial charge >= 0.3 is 0 Å². The van der Waals surface area contributed by atoms with Crippen molar-refractivity contribution in [1.29, 1.82) is 0 Å². The van der Waals surface area contributed by atoms with Gasteiger partial charge in [0.05, 0.1) is 24.2 Å². The van der Waals surface area contributed by atoms with Gasteiger partial charge in [-0.3, -0.25) is 14.2 Å². The normalized spacial score (nSPS) is 16.9. The largest absolute Gasteiger partial charge is 0.497 e. The molecule has 39 heavy (non-hydrogen) atoms. The number of ether oxygens (including phenoxy) is 1. The van der Waals surface area contributed by atoms with Gasteiger partial charge in [0.25, 0.3) is 16.0 Å². The van der Waals surface area contributed by atoms with Crippen LogP contribution in [0.4, 0.5) is 11.4 Å². The fraction of sp³-hybridized carbons (Fsp3) is 0.357. The van der Waals surface area contributed by atoms with Gasteiger partial charge in [-0.1, -0.05) is 69.0 Å². The van der Waals surface area contributed by atoms with E-state index in [0.717, 1.165) is 11.3 Å². The van der Waals surface area contributed by atoms with Crippen LogP contribution in [-0.4, -0.2) is 67.1 Å². The fourth-order valence-corrected chi connectivity index (χ4v) is 6.10. The van der Waals surface area contributed by atoms with Gasteiger partial charge in [0.2, 0.25) is 0 Å². The number of hydrogen-bond acceptors (Lipinski definition) is 8. The van der Waals surface area contributed by atoms with Crippen molar-refractivity contribution in [2.75, 3.05) is 48.8 Å². The molecule has 0 radical (unpaired) electrons. The summed E-state index contributed by atoms with van der Waals surface area (Å²) in [5.41, 5.74) is 3.10. The van der Waals surface area contributed by atoms with Crippen LogP contribution in [0, 0.1) is 0 Å². The minimum absolute atomic E-state index is 0.198. The Hall–Kier alpha value is -2.70. The summed E-state index contributed by atoms with van der Waals surface area (Å²) in [4.78, 5) is 19.6. The predicted octanol–water partition coefficient (Wildman–Crippen LogP) is 5.43. The van der Waals surface area contributed by atoms with Gasteiger partial charge in [0, 0.05) is 12.2 Å². The first-order valence-corrected chi connectivity index (χ1v) is 15.6. The maximum atomic E-state index is 13.4. The summed E-state index contributed by atoms with van der Waals surface area (Å²) in [5, 5.41) is 0. The quantitative estimate of drug-likeness (QED) is 0.234. The van der Waals surface area contributed by atoms with E-state index in [9.17, 15) is 13.2 Å². The van der Waals surface area contributed by atoms with Crippen LogP contribution < -0.4 is 14.5 Å². The van der Waals surface area contributed by atoms with Crippen molar-refractivity contribution in [3.8, 4) is 5.75 Å². The number of carbonyl (C=O) groups excluding carboxylic acids is 1. The van der Waals surface area contributed by atoms with Crippen molar-refractivity contribution < 1.29 is 22.5 Å². The van der Waals surface area contributed by atoms with E-state index in [2.05, 4.69) is 25.7 Å². The highest BCUT2D eigenvalue weighted by atomic mass is 32.2. The van der Waals surface area contributed by atoms with Crippen molar-refractivity contribution in [2.45, 2.75) is 27.2 Å². The maximum absolute atomic E-state index is 13.4. The molecule has 210 valence electrons. The highest BCUT2D eigenvalue weighted by Crippen LogP contribution is 2.41. The van der Waals surface area contributed by atoms with Crippen LogP contribution in [0.3, 0.4) is 0 Å². The van der Waals surface area contributed by atoms with Gasteiger partial charge in [0.15, 0.2) is 4.32 Å². The number of anilines is 2. The van der Waals surface area contributed by atoms with E-state index < -0.39 is 10.1 Å². The molecule has 1 N–H and O–H groups in total. The molecule has 0 saturated carbocycles. The summed E-state index contributed by atoms with van der Waals surface area (Å²) in [6, 6.07) is 14.7. The van der Waals surface area contributed by atoms with Crippen LogP contribution in [0.25, 0.3) is 6.08 Å². The van der Waals surface area contributed by atoms with Crippen LogP contribution in [0.5, 0.6) is 5.75 Å². The SMILES string of the molecule is CCN(CC)CC.COc1ccc(N2C(=O)C(=C3C=Cc4ccccc4N3CCCS(=O)(=O)O)SC2=S)cc1. The number of nitrogens with zero attached hydrogens (tertiary/aromatic N) is 3. The zero-order valence-corrected chi connectivity index (χ0v) is 25.1. The number of methoxy groups -OCH3 is 1. The number of carbonyl (C=O) groups is 1. The maximum Gasteiger partial charge on any atom is 0.272 e. The van der Waals surface area contributed by atoms with E-state index in [1.165, 1.54) is 36.3 Å². The minimum Gasteiger partial charge on any atom is -0.497 e. The van der Waals surface area contributed by atoms with Crippen molar-refractivity contribution in [3.63, 3.8) is 0 Å². The average Bonchev–Trinajstić information content (AvgIpc) is 3.22. The van der Waals surface area contributed by atoms with Crippen molar-refractivity contribution in [2.24, 2.45) is 0 Å². The second kappa shape index (κ2) is 14.1. The molecule has 0 spiro atoms. The Balaban J connectivity index is 0.000000532. The van der Waals surface area contributed by atoms with Gasteiger partial charge in [-0.25, -0.2) is 0 Å². The van der Waals surface area contributed by atoms with Crippen molar-refractivity contribution >= 4 is 61.8 Å². The Morgan fingerprint density at radius 3 is 2.21 bits per heavy atom. The molecule has 1 fully saturated rings. The summed E-state index contributed by atoms with van der Waals surface area (Å²) in [5.74, 6) is 0.0634. The van der Waals surface area contributed by atoms with E-state index in [0.29, 0.717) is 32.9 Å². The van der Waals surface area contributed by atoms with Crippen LogP contribution in [0.1, 0.15) is 32.8 Å². The second-order valence-electron chi connectivity index (χ2n) is 8.72. The smallest absolute Gasteiger partial charge is 0.272 e. The molecule has 8 nitrogen and oxygen atoms in total. The highest BCUT2D eigenvalue weighted by Gasteiger charge is 2.37. The number of para-hydroxylation sites is 1. The lowest BCUT2D eigenvalue weighted by atomic mass is 10.0. The van der Waals surface area contributed by atoms with Gasteiger partial charge in [-0.05, 0) is 68.0 Å². The van der Waals surface area contributed by atoms with Crippen LogP contribution in [0.15, 0.2) is 65.2 Å². The standard InChI is InChI=1S/C22H20N2O5S3.C6H15N/c1-29-17-10-8-16(9-11-17)24-21(25)20(31-22(24)30)19-12-7-15-5-2-3-6-18(15)23(19)13-4-14-32(26,27)28;1-4-7(5-2)6-3/h2-3,5-12H,4,13-14H2,1H3,(H,26,27,28);4-6H2,1-3H3. The van der Waals surface area contributed by atoms with Crippen LogP contribution in [-0.2, 0) is 14.9 Å². The number of rotatable bonds is 9. The number of thioether (sulfide) groups is 1. The summed E-state index contributed by atoms with van der Waals surface area (Å²) in [6.07, 6.45) is 3.96. The molecule has 2 aromatic carbocycles. The van der Waals surface area contributed by atoms with Crippen molar-refractivity contribution in [3.05, 3.63) is 70.8 Å². The number of fused-ring (bicyclic) bond motifs is 1. The van der Waals surface area contributed by atoms with Gasteiger partial charge in [-0.2, -0.15) is 8.42 Å².